The van der Waals surface area contributed by atoms with E-state index in [0.717, 1.165) is 5.56 Å². The van der Waals surface area contributed by atoms with Crippen LogP contribution >= 0.6 is 0 Å². The van der Waals surface area contributed by atoms with Crippen LogP contribution in [0.4, 0.5) is 15.8 Å². The number of non-ortho nitro benzene ring substituents is 1. The van der Waals surface area contributed by atoms with Crippen molar-refractivity contribution in [2.75, 3.05) is 11.9 Å². The van der Waals surface area contributed by atoms with E-state index >= 15 is 0 Å². The highest BCUT2D eigenvalue weighted by Crippen LogP contribution is 2.18. The van der Waals surface area contributed by atoms with Crippen LogP contribution in [-0.2, 0) is 4.79 Å². The molecule has 2 aromatic carbocycles. The zero-order valence-corrected chi connectivity index (χ0v) is 14.1. The fourth-order valence-corrected chi connectivity index (χ4v) is 2.62. The first kappa shape index (κ1) is 18.5. The van der Waals surface area contributed by atoms with Crippen LogP contribution in [0.3, 0.4) is 0 Å². The third-order valence-corrected chi connectivity index (χ3v) is 3.87. The average molecular weight is 346 g/mol. The van der Waals surface area contributed by atoms with Gasteiger partial charge in [-0.2, -0.15) is 0 Å². The zero-order chi connectivity index (χ0) is 18.4. The Morgan fingerprint density at radius 2 is 1.92 bits per heavy atom. The third kappa shape index (κ3) is 5.36. The number of nitro groups is 1. The normalized spacial score (nSPS) is 12.0. The first-order chi connectivity index (χ1) is 11.9. The van der Waals surface area contributed by atoms with Crippen molar-refractivity contribution in [3.63, 3.8) is 0 Å². The molecule has 2 rings (SSSR count). The molecule has 1 atom stereocenters. The maximum Gasteiger partial charge on any atom is 0.279 e. The van der Waals surface area contributed by atoms with Crippen LogP contribution in [0.25, 0.3) is 0 Å². The van der Waals surface area contributed by atoms with Gasteiger partial charge in [0.15, 0.2) is 6.54 Å². The number of carbonyl (C=O) groups is 1. The lowest BCUT2D eigenvalue weighted by atomic mass is 9.96. The van der Waals surface area contributed by atoms with E-state index in [1.807, 2.05) is 19.2 Å². The molecule has 0 spiro atoms. The predicted molar refractivity (Wildman–Crippen MR) is 92.5 cm³/mol. The summed E-state index contributed by atoms with van der Waals surface area (Å²) in [6, 6.07) is 12.1. The number of benzene rings is 2. The van der Waals surface area contributed by atoms with Crippen molar-refractivity contribution < 1.29 is 19.4 Å². The van der Waals surface area contributed by atoms with Crippen LogP contribution in [0.1, 0.15) is 25.5 Å². The minimum Gasteiger partial charge on any atom is -0.332 e. The van der Waals surface area contributed by atoms with Gasteiger partial charge in [-0.25, -0.2) is 4.39 Å². The molecule has 0 aliphatic rings. The summed E-state index contributed by atoms with van der Waals surface area (Å²) in [7, 11) is 0. The number of amides is 1. The van der Waals surface area contributed by atoms with E-state index in [1.54, 1.807) is 18.2 Å². The Kier molecular flexibility index (Phi) is 6.19. The molecule has 25 heavy (non-hydrogen) atoms. The summed E-state index contributed by atoms with van der Waals surface area (Å²) in [5.74, 6) is -0.306. The number of hydrogen-bond donors (Lipinski definition) is 2. The molecule has 0 saturated heterocycles. The Bertz CT molecular complexity index is 747. The molecular weight excluding hydrogens is 325 g/mol. The number of rotatable bonds is 7. The molecule has 0 fully saturated rings. The fourth-order valence-electron chi connectivity index (χ4n) is 2.62. The molecule has 0 aliphatic carbocycles. The molecule has 0 aliphatic heterocycles. The van der Waals surface area contributed by atoms with Crippen LogP contribution in [0.2, 0.25) is 0 Å². The quantitative estimate of drug-likeness (QED) is 0.597. The maximum absolute atomic E-state index is 13.1. The highest BCUT2D eigenvalue weighted by molar-refractivity contribution is 5.91. The maximum atomic E-state index is 13.1. The van der Waals surface area contributed by atoms with Crippen molar-refractivity contribution in [1.29, 1.82) is 0 Å². The number of nitrogens with one attached hydrogen (secondary N) is 1. The number of hydrogen-bond acceptors (Lipinski definition) is 3. The summed E-state index contributed by atoms with van der Waals surface area (Å²) in [6.45, 7) is 4.22. The molecule has 0 bridgehead atoms. The van der Waals surface area contributed by atoms with Gasteiger partial charge in [-0.3, -0.25) is 14.9 Å². The van der Waals surface area contributed by atoms with Crippen molar-refractivity contribution >= 4 is 17.3 Å². The summed E-state index contributed by atoms with van der Waals surface area (Å²) in [4.78, 5) is 22.4. The number of nitrogens with zero attached hydrogens (tertiary/aromatic N) is 1. The van der Waals surface area contributed by atoms with E-state index in [1.165, 1.54) is 30.3 Å². The Hall–Kier alpha value is -2.80. The minimum atomic E-state index is -0.509. The Morgan fingerprint density at radius 3 is 2.52 bits per heavy atom. The van der Waals surface area contributed by atoms with Gasteiger partial charge in [0.2, 0.25) is 0 Å². The second kappa shape index (κ2) is 8.34. The Balaban J connectivity index is 1.98. The van der Waals surface area contributed by atoms with E-state index < -0.39 is 4.92 Å². The smallest absolute Gasteiger partial charge is 0.279 e. The van der Waals surface area contributed by atoms with Crippen molar-refractivity contribution in [3.8, 4) is 0 Å². The second-order valence-corrected chi connectivity index (χ2v) is 6.12. The van der Waals surface area contributed by atoms with Gasteiger partial charge in [-0.15, -0.1) is 0 Å². The molecule has 0 aromatic heterocycles. The average Bonchev–Trinajstić information content (AvgIpc) is 2.56. The molecule has 0 radical (unpaired) electrons. The van der Waals surface area contributed by atoms with E-state index in [-0.39, 0.29) is 35.9 Å². The lowest BCUT2D eigenvalue weighted by Crippen LogP contribution is -2.88. The van der Waals surface area contributed by atoms with Crippen molar-refractivity contribution in [3.05, 3.63) is 70.0 Å². The van der Waals surface area contributed by atoms with Gasteiger partial charge < -0.3 is 10.6 Å². The zero-order valence-electron chi connectivity index (χ0n) is 14.1. The molecule has 0 heterocycles. The largest absolute Gasteiger partial charge is 0.332 e. The number of halogens is 1. The fraction of sp³-hybridized carbons (Fsp3) is 0.278. The molecule has 0 saturated carbocycles. The number of nitro benzene ring substituents is 1. The molecule has 2 aromatic rings. The number of carbonyl (C=O) groups excluding carboxylic acids is 1. The summed E-state index contributed by atoms with van der Waals surface area (Å²) >= 11 is 0. The van der Waals surface area contributed by atoms with Crippen LogP contribution in [0, 0.1) is 21.8 Å². The van der Waals surface area contributed by atoms with Crippen LogP contribution < -0.4 is 10.6 Å². The van der Waals surface area contributed by atoms with Crippen LogP contribution in [0.15, 0.2) is 48.5 Å². The summed E-state index contributed by atoms with van der Waals surface area (Å²) < 4.78 is 13.1. The van der Waals surface area contributed by atoms with Crippen molar-refractivity contribution in [2.45, 2.75) is 19.9 Å². The van der Waals surface area contributed by atoms with Gasteiger partial charge in [0, 0.05) is 29.3 Å². The van der Waals surface area contributed by atoms with Gasteiger partial charge in [0.1, 0.15) is 11.9 Å². The second-order valence-electron chi connectivity index (χ2n) is 6.12. The highest BCUT2D eigenvalue weighted by Gasteiger charge is 2.20. The van der Waals surface area contributed by atoms with E-state index in [2.05, 4.69) is 5.32 Å². The van der Waals surface area contributed by atoms with Gasteiger partial charge in [0.25, 0.3) is 11.6 Å². The number of quaternary nitrogens is 1. The topological polar surface area (TPSA) is 88.8 Å². The van der Waals surface area contributed by atoms with Crippen LogP contribution in [0.5, 0.6) is 0 Å². The summed E-state index contributed by atoms with van der Waals surface area (Å²) in [5, 5.41) is 15.3. The van der Waals surface area contributed by atoms with E-state index in [4.69, 9.17) is 0 Å². The first-order valence-corrected chi connectivity index (χ1v) is 8.00. The summed E-state index contributed by atoms with van der Waals surface area (Å²) in [6.07, 6.45) is 0. The van der Waals surface area contributed by atoms with E-state index in [0.29, 0.717) is 5.69 Å². The molecule has 7 heteroatoms. The van der Waals surface area contributed by atoms with Crippen molar-refractivity contribution in [2.24, 2.45) is 5.92 Å². The standard InChI is InChI=1S/C18H20FN3O3/c1-12(2)18(13-6-8-14(19)9-7-13)20-11-17(23)21-15-4-3-5-16(10-15)22(24)25/h3-10,12,18,20H,11H2,1-2H3,(H,21,23)/p+1/t18-/m0/s1. The highest BCUT2D eigenvalue weighted by atomic mass is 19.1. The molecule has 6 nitrogen and oxygen atoms in total. The molecule has 1 amide bonds. The number of nitrogens with two attached hydrogens (primary N) is 1. The van der Waals surface area contributed by atoms with Crippen LogP contribution in [-0.4, -0.2) is 17.4 Å². The first-order valence-electron chi connectivity index (χ1n) is 8.00. The van der Waals surface area contributed by atoms with Gasteiger partial charge in [0.05, 0.1) is 4.92 Å². The SMILES string of the molecule is CC(C)[C@H]([NH2+]CC(=O)Nc1cccc([N+](=O)[O-])c1)c1ccc(F)cc1. The molecule has 132 valence electrons. The number of anilines is 1. The molecule has 3 N–H and O–H groups in total. The predicted octanol–water partition coefficient (Wildman–Crippen LogP) is 2.63. The van der Waals surface area contributed by atoms with Gasteiger partial charge in [-0.05, 0) is 18.2 Å². The molecule has 0 unspecified atom stereocenters. The Morgan fingerprint density at radius 1 is 1.24 bits per heavy atom. The monoisotopic (exact) mass is 346 g/mol. The third-order valence-electron chi connectivity index (χ3n) is 3.87. The van der Waals surface area contributed by atoms with Gasteiger partial charge >= 0.3 is 0 Å². The van der Waals surface area contributed by atoms with Gasteiger partial charge in [-0.1, -0.05) is 32.0 Å². The van der Waals surface area contributed by atoms with E-state index in [9.17, 15) is 19.3 Å². The lowest BCUT2D eigenvalue weighted by molar-refractivity contribution is -0.692. The summed E-state index contributed by atoms with van der Waals surface area (Å²) in [5.41, 5.74) is 1.25. The minimum absolute atomic E-state index is 0.0106. The Labute approximate surface area is 145 Å². The van der Waals surface area contributed by atoms with Crippen molar-refractivity contribution in [1.82, 2.24) is 0 Å². The lowest BCUT2D eigenvalue weighted by Gasteiger charge is -2.19. The molecular formula is C18H21FN3O3+.